The van der Waals surface area contributed by atoms with Crippen LogP contribution in [0, 0.1) is 0 Å². The van der Waals surface area contributed by atoms with E-state index in [-0.39, 0.29) is 11.3 Å². The maximum atomic E-state index is 14.4. The predicted octanol–water partition coefficient (Wildman–Crippen LogP) is 3.79. The fraction of sp³-hybridized carbons (Fsp3) is 0.667. The molecule has 3 fully saturated rings. The van der Waals surface area contributed by atoms with Crippen molar-refractivity contribution in [3.05, 3.63) is 40.6 Å². The summed E-state index contributed by atoms with van der Waals surface area (Å²) in [6.07, 6.45) is 6.69. The number of hydrogen-bond donors (Lipinski definition) is 2. The lowest BCUT2D eigenvalue weighted by molar-refractivity contribution is -0.0856. The number of β-amino-alcohol motifs (C(OH)–C–C–N with tert-alkyl or cyclic N) is 1. The first-order chi connectivity index (χ1) is 18.7. The molecule has 5 aliphatic rings. The molecule has 7 rings (SSSR count). The van der Waals surface area contributed by atoms with E-state index in [2.05, 4.69) is 9.80 Å². The van der Waals surface area contributed by atoms with Gasteiger partial charge in [0, 0.05) is 38.0 Å². The summed E-state index contributed by atoms with van der Waals surface area (Å²) in [4.78, 5) is 14.3. The Morgan fingerprint density at radius 1 is 1.15 bits per heavy atom. The maximum absolute atomic E-state index is 14.4. The number of aromatic hydroxyl groups is 1. The number of halogens is 1. The first-order valence-corrected chi connectivity index (χ1v) is 14.6. The van der Waals surface area contributed by atoms with E-state index in [9.17, 15) is 14.6 Å². The van der Waals surface area contributed by atoms with Gasteiger partial charge >= 0.3 is 6.01 Å². The molecular weight excluding hydrogens is 499 g/mol. The molecule has 39 heavy (non-hydrogen) atoms. The highest BCUT2D eigenvalue weighted by Crippen LogP contribution is 2.47. The molecule has 1 unspecified atom stereocenters. The van der Waals surface area contributed by atoms with E-state index in [1.165, 1.54) is 0 Å². The van der Waals surface area contributed by atoms with Crippen LogP contribution >= 0.6 is 0 Å². The van der Waals surface area contributed by atoms with Crippen LogP contribution in [0.3, 0.4) is 0 Å². The van der Waals surface area contributed by atoms with E-state index >= 15 is 0 Å². The smallest absolute Gasteiger partial charge is 0.318 e. The van der Waals surface area contributed by atoms with E-state index in [1.54, 1.807) is 6.07 Å². The Bertz CT molecular complexity index is 1270. The molecular formula is C30H39FN4O4. The molecule has 2 aromatic rings. The zero-order valence-corrected chi connectivity index (χ0v) is 22.8. The van der Waals surface area contributed by atoms with Crippen molar-refractivity contribution >= 4 is 5.82 Å². The Balaban J connectivity index is 1.24. The summed E-state index contributed by atoms with van der Waals surface area (Å²) in [6.45, 7) is 5.33. The van der Waals surface area contributed by atoms with Crippen LogP contribution < -0.4 is 9.64 Å². The molecule has 0 amide bonds. The summed E-state index contributed by atoms with van der Waals surface area (Å²) >= 11 is 0. The predicted molar refractivity (Wildman–Crippen MR) is 144 cm³/mol. The molecule has 3 saturated heterocycles. The van der Waals surface area contributed by atoms with E-state index in [4.69, 9.17) is 19.4 Å². The van der Waals surface area contributed by atoms with Crippen LogP contribution in [0.25, 0.3) is 0 Å². The van der Waals surface area contributed by atoms with Crippen molar-refractivity contribution in [1.29, 1.82) is 0 Å². The molecule has 1 aromatic carbocycles. The molecule has 8 nitrogen and oxygen atoms in total. The van der Waals surface area contributed by atoms with E-state index < -0.39 is 17.4 Å². The topological polar surface area (TPSA) is 91.2 Å². The van der Waals surface area contributed by atoms with Gasteiger partial charge in [0.15, 0.2) is 0 Å². The highest BCUT2D eigenvalue weighted by Gasteiger charge is 2.50. The van der Waals surface area contributed by atoms with Crippen LogP contribution in [0.15, 0.2) is 18.2 Å². The summed E-state index contributed by atoms with van der Waals surface area (Å²) in [5.41, 5.74) is 2.57. The van der Waals surface area contributed by atoms with Gasteiger partial charge in [0.05, 0.1) is 29.0 Å². The van der Waals surface area contributed by atoms with Crippen molar-refractivity contribution < 1.29 is 24.1 Å². The van der Waals surface area contributed by atoms with Gasteiger partial charge in [-0.2, -0.15) is 9.97 Å². The second-order valence-electron chi connectivity index (χ2n) is 12.8. The van der Waals surface area contributed by atoms with Crippen LogP contribution in [0.2, 0.25) is 0 Å². The van der Waals surface area contributed by atoms with Gasteiger partial charge in [0.1, 0.15) is 24.3 Å². The van der Waals surface area contributed by atoms with Crippen molar-refractivity contribution in [2.75, 3.05) is 37.7 Å². The van der Waals surface area contributed by atoms with Crippen LogP contribution in [-0.4, -0.2) is 75.2 Å². The van der Waals surface area contributed by atoms with Gasteiger partial charge in [-0.3, -0.25) is 4.90 Å². The highest BCUT2D eigenvalue weighted by atomic mass is 19.1. The molecule has 4 atom stereocenters. The van der Waals surface area contributed by atoms with Crippen LogP contribution in [0.5, 0.6) is 11.8 Å². The van der Waals surface area contributed by atoms with Crippen molar-refractivity contribution in [2.45, 2.75) is 94.2 Å². The minimum absolute atomic E-state index is 0.276. The zero-order chi connectivity index (χ0) is 26.8. The number of hydrogen-bond acceptors (Lipinski definition) is 8. The number of phenols is 1. The van der Waals surface area contributed by atoms with Gasteiger partial charge < -0.3 is 24.6 Å². The van der Waals surface area contributed by atoms with Gasteiger partial charge in [0.25, 0.3) is 0 Å². The van der Waals surface area contributed by atoms with Crippen LogP contribution in [0.4, 0.5) is 10.2 Å². The van der Waals surface area contributed by atoms with Crippen LogP contribution in [-0.2, 0) is 29.8 Å². The summed E-state index contributed by atoms with van der Waals surface area (Å²) in [5, 5.41) is 21.0. The van der Waals surface area contributed by atoms with Gasteiger partial charge in [-0.1, -0.05) is 6.07 Å². The Morgan fingerprint density at radius 2 is 2.03 bits per heavy atom. The first-order valence-electron chi connectivity index (χ1n) is 14.6. The number of aryl methyl sites for hydroxylation is 1. The van der Waals surface area contributed by atoms with Gasteiger partial charge in [-0.15, -0.1) is 0 Å². The van der Waals surface area contributed by atoms with E-state index in [1.807, 2.05) is 19.1 Å². The molecule has 210 valence electrons. The molecule has 1 spiro atoms. The number of aromatic nitrogens is 2. The maximum Gasteiger partial charge on any atom is 0.318 e. The van der Waals surface area contributed by atoms with Crippen molar-refractivity contribution in [3.8, 4) is 11.8 Å². The fourth-order valence-corrected chi connectivity index (χ4v) is 7.96. The SMILES string of the molecule is C[C@@]1(O)CCCN(c2nc(OC[C@@]34CCCN3CC(F)C4)nc3c2CO[C@@]2(CCCc4cc(O)ccc42)C3)C1. The Morgan fingerprint density at radius 3 is 2.90 bits per heavy atom. The average molecular weight is 539 g/mol. The summed E-state index contributed by atoms with van der Waals surface area (Å²) in [6, 6.07) is 5.93. The molecule has 9 heteroatoms. The minimum Gasteiger partial charge on any atom is -0.508 e. The zero-order valence-electron chi connectivity index (χ0n) is 22.8. The number of alkyl halides is 1. The molecule has 1 aromatic heterocycles. The molecule has 4 aliphatic heterocycles. The van der Waals surface area contributed by atoms with Gasteiger partial charge in [-0.25, -0.2) is 4.39 Å². The number of fused-ring (bicyclic) bond motifs is 4. The second-order valence-corrected chi connectivity index (χ2v) is 12.8. The monoisotopic (exact) mass is 538 g/mol. The molecule has 1 aliphatic carbocycles. The van der Waals surface area contributed by atoms with Gasteiger partial charge in [0.2, 0.25) is 0 Å². The standard InChI is InChI=1S/C30H39FN4O4/c1-28(37)8-3-11-34(18-28)26-23-17-39-30(10-2-5-20-13-22(36)6-7-24(20)30)15-25(23)32-27(33-26)38-19-29-9-4-12-35(29)16-21(31)14-29/h6-7,13,21,36-37H,2-5,8-12,14-19H2,1H3/t21?,28-,29+,30+/m1/s1. The van der Waals surface area contributed by atoms with E-state index in [0.717, 1.165) is 86.2 Å². The number of piperidine rings is 1. The third-order valence-electron chi connectivity index (χ3n) is 9.81. The highest BCUT2D eigenvalue weighted by molar-refractivity contribution is 5.53. The largest absolute Gasteiger partial charge is 0.508 e. The van der Waals surface area contributed by atoms with E-state index in [0.29, 0.717) is 45.2 Å². The number of rotatable bonds is 4. The minimum atomic E-state index is -0.813. The van der Waals surface area contributed by atoms with Crippen molar-refractivity contribution in [1.82, 2.24) is 14.9 Å². The summed E-state index contributed by atoms with van der Waals surface area (Å²) in [5.74, 6) is 1.06. The Hall–Kier alpha value is -2.49. The lowest BCUT2D eigenvalue weighted by Crippen LogP contribution is -2.47. The third-order valence-corrected chi connectivity index (χ3v) is 9.81. The molecule has 0 radical (unpaired) electrons. The number of phenolic OH excluding ortho intramolecular Hbond substituents is 1. The number of benzene rings is 1. The number of anilines is 1. The number of aliphatic hydroxyl groups is 1. The summed E-state index contributed by atoms with van der Waals surface area (Å²) < 4.78 is 27.4. The lowest BCUT2D eigenvalue weighted by Gasteiger charge is -2.44. The molecule has 5 heterocycles. The van der Waals surface area contributed by atoms with Crippen molar-refractivity contribution in [2.24, 2.45) is 0 Å². The Labute approximate surface area is 229 Å². The number of ether oxygens (including phenoxy) is 2. The summed E-state index contributed by atoms with van der Waals surface area (Å²) in [7, 11) is 0. The molecule has 2 N–H and O–H groups in total. The fourth-order valence-electron chi connectivity index (χ4n) is 7.96. The Kier molecular flexibility index (Phi) is 6.06. The lowest BCUT2D eigenvalue weighted by atomic mass is 9.75. The van der Waals surface area contributed by atoms with Gasteiger partial charge in [-0.05, 0) is 81.7 Å². The second kappa shape index (κ2) is 9.28. The van der Waals surface area contributed by atoms with Crippen LogP contribution in [0.1, 0.15) is 74.3 Å². The van der Waals surface area contributed by atoms with Crippen molar-refractivity contribution in [3.63, 3.8) is 0 Å². The number of nitrogens with zero attached hydrogens (tertiary/aromatic N) is 4. The first kappa shape index (κ1) is 25.5. The normalized spacial score (nSPS) is 34.1. The third kappa shape index (κ3) is 4.46. The molecule has 0 saturated carbocycles. The molecule has 0 bridgehead atoms. The quantitative estimate of drug-likeness (QED) is 0.608. The average Bonchev–Trinajstić information content (AvgIpc) is 3.42.